The number of rotatable bonds is 4. The number of morpholine rings is 1. The van der Waals surface area contributed by atoms with E-state index in [9.17, 15) is 0 Å². The standard InChI is InChI=1S/C17H28N4OS.HI/c1-14-4-2-6-21(13-14)17(18)19-12-15(16-5-3-11-23-16)20-7-9-22-10-8-20;/h3,5,11,14-15H,2,4,6-10,12-13H2,1H3,(H2,18,19);1H. The van der Waals surface area contributed by atoms with Crippen LogP contribution in [0.5, 0.6) is 0 Å². The molecule has 0 radical (unpaired) electrons. The third-order valence-corrected chi connectivity index (χ3v) is 5.74. The molecular formula is C17H29IN4OS. The molecule has 0 amide bonds. The molecule has 5 nitrogen and oxygen atoms in total. The van der Waals surface area contributed by atoms with Gasteiger partial charge in [0.15, 0.2) is 5.96 Å². The van der Waals surface area contributed by atoms with Gasteiger partial charge in [0.05, 0.1) is 25.8 Å². The molecule has 0 spiro atoms. The molecule has 2 aliphatic rings. The number of guanidine groups is 1. The van der Waals surface area contributed by atoms with E-state index in [-0.39, 0.29) is 24.0 Å². The Morgan fingerprint density at radius 3 is 2.88 bits per heavy atom. The molecule has 3 heterocycles. The van der Waals surface area contributed by atoms with E-state index in [1.54, 1.807) is 11.3 Å². The van der Waals surface area contributed by atoms with Crippen molar-refractivity contribution in [2.45, 2.75) is 25.8 Å². The van der Waals surface area contributed by atoms with Crippen molar-refractivity contribution in [2.75, 3.05) is 45.9 Å². The number of hydrogen-bond donors (Lipinski definition) is 1. The van der Waals surface area contributed by atoms with Crippen molar-refractivity contribution < 1.29 is 4.74 Å². The monoisotopic (exact) mass is 464 g/mol. The van der Waals surface area contributed by atoms with Crippen molar-refractivity contribution in [3.05, 3.63) is 22.4 Å². The van der Waals surface area contributed by atoms with Crippen molar-refractivity contribution in [3.63, 3.8) is 0 Å². The molecule has 2 unspecified atom stereocenters. The Kier molecular flexibility index (Phi) is 8.25. The molecule has 2 atom stereocenters. The van der Waals surface area contributed by atoms with Gasteiger partial charge in [0, 0.05) is 31.1 Å². The number of hydrogen-bond acceptors (Lipinski definition) is 4. The summed E-state index contributed by atoms with van der Waals surface area (Å²) in [7, 11) is 0. The first kappa shape index (κ1) is 19.9. The van der Waals surface area contributed by atoms with Crippen LogP contribution in [0.1, 0.15) is 30.7 Å². The number of piperidine rings is 1. The Balaban J connectivity index is 0.00000208. The maximum atomic E-state index is 6.28. The van der Waals surface area contributed by atoms with Crippen LogP contribution in [0.3, 0.4) is 0 Å². The van der Waals surface area contributed by atoms with E-state index in [4.69, 9.17) is 15.5 Å². The van der Waals surface area contributed by atoms with Gasteiger partial charge in [-0.2, -0.15) is 0 Å². The van der Waals surface area contributed by atoms with Gasteiger partial charge in [-0.25, -0.2) is 0 Å². The summed E-state index contributed by atoms with van der Waals surface area (Å²) in [4.78, 5) is 10.9. The molecule has 1 aromatic heterocycles. The smallest absolute Gasteiger partial charge is 0.191 e. The fraction of sp³-hybridized carbons (Fsp3) is 0.706. The van der Waals surface area contributed by atoms with Crippen molar-refractivity contribution in [1.29, 1.82) is 0 Å². The van der Waals surface area contributed by atoms with Crippen molar-refractivity contribution in [3.8, 4) is 0 Å². The van der Waals surface area contributed by atoms with Gasteiger partial charge in [-0.05, 0) is 30.2 Å². The summed E-state index contributed by atoms with van der Waals surface area (Å²) < 4.78 is 5.49. The third-order valence-electron chi connectivity index (χ3n) is 4.77. The zero-order valence-electron chi connectivity index (χ0n) is 14.4. The quantitative estimate of drug-likeness (QED) is 0.423. The van der Waals surface area contributed by atoms with Crippen LogP contribution in [-0.2, 0) is 4.74 Å². The Hall–Kier alpha value is -0.380. The summed E-state index contributed by atoms with van der Waals surface area (Å²) in [6.45, 7) is 8.67. The van der Waals surface area contributed by atoms with Gasteiger partial charge < -0.3 is 15.4 Å². The van der Waals surface area contributed by atoms with Crippen LogP contribution in [0.2, 0.25) is 0 Å². The van der Waals surface area contributed by atoms with E-state index in [1.165, 1.54) is 17.7 Å². The van der Waals surface area contributed by atoms with Crippen molar-refractivity contribution >= 4 is 41.3 Å². The Morgan fingerprint density at radius 1 is 1.42 bits per heavy atom. The maximum Gasteiger partial charge on any atom is 0.191 e. The lowest BCUT2D eigenvalue weighted by Crippen LogP contribution is -2.44. The fourth-order valence-electron chi connectivity index (χ4n) is 3.43. The number of nitrogens with zero attached hydrogens (tertiary/aromatic N) is 3. The highest BCUT2D eigenvalue weighted by molar-refractivity contribution is 14.0. The summed E-state index contributed by atoms with van der Waals surface area (Å²) >= 11 is 1.81. The van der Waals surface area contributed by atoms with E-state index in [2.05, 4.69) is 34.2 Å². The van der Waals surface area contributed by atoms with Gasteiger partial charge in [0.1, 0.15) is 0 Å². The average molecular weight is 464 g/mol. The van der Waals surface area contributed by atoms with Gasteiger partial charge >= 0.3 is 0 Å². The molecule has 0 aliphatic carbocycles. The molecule has 0 aromatic carbocycles. The first-order valence-electron chi connectivity index (χ1n) is 8.64. The molecule has 7 heteroatoms. The second kappa shape index (κ2) is 9.94. The largest absolute Gasteiger partial charge is 0.379 e. The number of thiophene rings is 1. The minimum atomic E-state index is 0. The molecule has 1 aromatic rings. The Morgan fingerprint density at radius 2 is 2.21 bits per heavy atom. The Bertz CT molecular complexity index is 505. The lowest BCUT2D eigenvalue weighted by Gasteiger charge is -2.34. The van der Waals surface area contributed by atoms with Gasteiger partial charge in [-0.15, -0.1) is 35.3 Å². The Labute approximate surface area is 166 Å². The SMILES string of the molecule is CC1CCCN(C(N)=NCC(c2cccs2)N2CCOCC2)C1.I. The lowest BCUT2D eigenvalue weighted by molar-refractivity contribution is 0.0186. The second-order valence-electron chi connectivity index (χ2n) is 6.57. The molecule has 3 rings (SSSR count). The van der Waals surface area contributed by atoms with Crippen LogP contribution in [0.15, 0.2) is 22.5 Å². The zero-order valence-corrected chi connectivity index (χ0v) is 17.5. The van der Waals surface area contributed by atoms with Gasteiger partial charge in [-0.3, -0.25) is 9.89 Å². The predicted octanol–water partition coefficient (Wildman–Crippen LogP) is 2.79. The summed E-state index contributed by atoms with van der Waals surface area (Å²) in [5.74, 6) is 1.43. The maximum absolute atomic E-state index is 6.28. The highest BCUT2D eigenvalue weighted by Crippen LogP contribution is 2.26. The normalized spacial score (nSPS) is 24.5. The van der Waals surface area contributed by atoms with Gasteiger partial charge in [0.2, 0.25) is 0 Å². The van der Waals surface area contributed by atoms with Gasteiger partial charge in [0.25, 0.3) is 0 Å². The second-order valence-corrected chi connectivity index (χ2v) is 7.55. The summed E-state index contributed by atoms with van der Waals surface area (Å²) in [5, 5.41) is 2.14. The van der Waals surface area contributed by atoms with Crippen LogP contribution in [-0.4, -0.2) is 61.7 Å². The topological polar surface area (TPSA) is 54.1 Å². The van der Waals surface area contributed by atoms with Crippen LogP contribution in [0.4, 0.5) is 0 Å². The van der Waals surface area contributed by atoms with E-state index in [0.29, 0.717) is 17.9 Å². The van der Waals surface area contributed by atoms with E-state index in [1.807, 2.05) is 0 Å². The highest BCUT2D eigenvalue weighted by Gasteiger charge is 2.24. The van der Waals surface area contributed by atoms with Crippen molar-refractivity contribution in [1.82, 2.24) is 9.80 Å². The number of ether oxygens (including phenoxy) is 1. The fourth-order valence-corrected chi connectivity index (χ4v) is 4.28. The highest BCUT2D eigenvalue weighted by atomic mass is 127. The van der Waals surface area contributed by atoms with Crippen LogP contribution in [0, 0.1) is 5.92 Å². The molecule has 24 heavy (non-hydrogen) atoms. The van der Waals surface area contributed by atoms with Crippen LogP contribution in [0.25, 0.3) is 0 Å². The molecule has 2 saturated heterocycles. The van der Waals surface area contributed by atoms with E-state index >= 15 is 0 Å². The van der Waals surface area contributed by atoms with Crippen LogP contribution >= 0.6 is 35.3 Å². The third kappa shape index (κ3) is 5.31. The molecule has 0 bridgehead atoms. The number of aliphatic imine (C=N–C) groups is 1. The average Bonchev–Trinajstić information content (AvgIpc) is 3.10. The first-order valence-corrected chi connectivity index (χ1v) is 9.52. The van der Waals surface area contributed by atoms with Gasteiger partial charge in [-0.1, -0.05) is 13.0 Å². The molecule has 0 saturated carbocycles. The number of halogens is 1. The van der Waals surface area contributed by atoms with E-state index in [0.717, 1.165) is 45.9 Å². The lowest BCUT2D eigenvalue weighted by atomic mass is 10.0. The molecular weight excluding hydrogens is 435 g/mol. The number of likely N-dealkylation sites (tertiary alicyclic amines) is 1. The molecule has 2 N–H and O–H groups in total. The summed E-state index contributed by atoms with van der Waals surface area (Å²) in [5.41, 5.74) is 6.28. The molecule has 2 aliphatic heterocycles. The minimum absolute atomic E-state index is 0. The molecule has 136 valence electrons. The minimum Gasteiger partial charge on any atom is -0.379 e. The first-order chi connectivity index (χ1) is 11.2. The predicted molar refractivity (Wildman–Crippen MR) is 111 cm³/mol. The summed E-state index contributed by atoms with van der Waals surface area (Å²) in [6, 6.07) is 4.64. The zero-order chi connectivity index (χ0) is 16.1. The number of nitrogens with two attached hydrogens (primary N) is 1. The summed E-state index contributed by atoms with van der Waals surface area (Å²) in [6.07, 6.45) is 2.52. The molecule has 2 fully saturated rings. The van der Waals surface area contributed by atoms with Crippen LogP contribution < -0.4 is 5.73 Å². The van der Waals surface area contributed by atoms with Crippen molar-refractivity contribution in [2.24, 2.45) is 16.6 Å². The van der Waals surface area contributed by atoms with E-state index < -0.39 is 0 Å².